The van der Waals surface area contributed by atoms with Crippen LogP contribution in [0.1, 0.15) is 74.1 Å². The van der Waals surface area contributed by atoms with Gasteiger partial charge in [-0.05, 0) is 60.8 Å². The van der Waals surface area contributed by atoms with Crippen LogP contribution in [0.3, 0.4) is 0 Å². The molecule has 4 heteroatoms. The van der Waals surface area contributed by atoms with Gasteiger partial charge < -0.3 is 8.98 Å². The third kappa shape index (κ3) is 4.14. The number of pyridine rings is 1. The van der Waals surface area contributed by atoms with Gasteiger partial charge in [0.05, 0.1) is 23.8 Å². The molecule has 32 heavy (non-hydrogen) atoms. The third-order valence-electron chi connectivity index (χ3n) is 6.49. The van der Waals surface area contributed by atoms with Gasteiger partial charge in [0, 0.05) is 29.4 Å². The second-order valence-corrected chi connectivity index (χ2v) is 9.00. The molecule has 1 fully saturated rings. The molecule has 2 aromatic heterocycles. The van der Waals surface area contributed by atoms with E-state index in [-0.39, 0.29) is 22.8 Å². The Balaban J connectivity index is 2.05. The van der Waals surface area contributed by atoms with Crippen LogP contribution in [0, 0.1) is 11.8 Å². The van der Waals surface area contributed by atoms with Crippen molar-refractivity contribution in [2.75, 3.05) is 0 Å². The van der Waals surface area contributed by atoms with E-state index in [1.54, 1.807) is 24.8 Å². The van der Waals surface area contributed by atoms with Crippen molar-refractivity contribution < 1.29 is 9.21 Å². The van der Waals surface area contributed by atoms with Crippen LogP contribution < -0.4 is 5.43 Å². The minimum absolute atomic E-state index is 0.144. The number of carbonyl (C=O) groups is 1. The molecule has 0 aromatic carbocycles. The molecule has 0 N–H and O–H groups in total. The van der Waals surface area contributed by atoms with Gasteiger partial charge in [-0.3, -0.25) is 9.59 Å². The lowest BCUT2D eigenvalue weighted by atomic mass is 9.89. The fraction of sp³-hybridized carbons (Fsp3) is 0.357. The summed E-state index contributed by atoms with van der Waals surface area (Å²) in [5.41, 5.74) is 5.23. The molecule has 1 atom stereocenters. The summed E-state index contributed by atoms with van der Waals surface area (Å²) in [6, 6.07) is 3.77. The second-order valence-electron chi connectivity index (χ2n) is 9.00. The monoisotopic (exact) mass is 429 g/mol. The van der Waals surface area contributed by atoms with Crippen LogP contribution in [0.15, 0.2) is 76.5 Å². The Morgan fingerprint density at radius 1 is 1.34 bits per heavy atom. The molecule has 0 aliphatic heterocycles. The Labute approximate surface area is 189 Å². The highest BCUT2D eigenvalue weighted by atomic mass is 16.3. The first-order chi connectivity index (χ1) is 15.5. The highest BCUT2D eigenvalue weighted by molar-refractivity contribution is 6.05. The van der Waals surface area contributed by atoms with Gasteiger partial charge in [0.25, 0.3) is 0 Å². The number of nitrogens with zero attached hydrogens (tertiary/aromatic N) is 1. The molecular formula is C28H31NO3. The molecule has 4 rings (SSSR count). The molecule has 4 nitrogen and oxygen atoms in total. The van der Waals surface area contributed by atoms with Gasteiger partial charge in [-0.2, -0.15) is 0 Å². The molecule has 1 saturated carbocycles. The lowest BCUT2D eigenvalue weighted by Crippen LogP contribution is -2.24. The Morgan fingerprint density at radius 3 is 2.72 bits per heavy atom. The normalized spacial score (nSPS) is 17.3. The topological polar surface area (TPSA) is 52.2 Å². The van der Waals surface area contributed by atoms with Crippen molar-refractivity contribution in [1.29, 1.82) is 0 Å². The van der Waals surface area contributed by atoms with E-state index in [2.05, 4.69) is 50.1 Å². The first-order valence-electron chi connectivity index (χ1n) is 11.5. The van der Waals surface area contributed by atoms with E-state index in [4.69, 9.17) is 4.42 Å². The zero-order valence-electron chi connectivity index (χ0n) is 19.1. The maximum Gasteiger partial charge on any atom is 0.193 e. The summed E-state index contributed by atoms with van der Waals surface area (Å²) in [5, 5.41) is 0. The number of aromatic nitrogens is 1. The largest absolute Gasteiger partial charge is 0.472 e. The molecule has 2 aromatic rings. The van der Waals surface area contributed by atoms with Gasteiger partial charge in [0.1, 0.15) is 0 Å². The second kappa shape index (κ2) is 9.15. The van der Waals surface area contributed by atoms with Crippen molar-refractivity contribution in [3.63, 3.8) is 0 Å². The Morgan fingerprint density at radius 2 is 2.12 bits per heavy atom. The molecule has 1 unspecified atom stereocenters. The number of carbonyl (C=O) groups excluding carboxylic acids is 1. The van der Waals surface area contributed by atoms with Crippen molar-refractivity contribution in [2.45, 2.75) is 52.5 Å². The van der Waals surface area contributed by atoms with E-state index < -0.39 is 0 Å². The number of furan rings is 1. The number of hydrogen-bond acceptors (Lipinski definition) is 3. The highest BCUT2D eigenvalue weighted by Crippen LogP contribution is 2.47. The number of ketones is 1. The maximum absolute atomic E-state index is 13.1. The first-order valence-corrected chi connectivity index (χ1v) is 11.5. The molecule has 0 amide bonds. The van der Waals surface area contributed by atoms with Gasteiger partial charge in [-0.1, -0.05) is 45.6 Å². The molecule has 2 aliphatic rings. The predicted molar refractivity (Wildman–Crippen MR) is 129 cm³/mol. The number of hydrogen-bond donors (Lipinski definition) is 0. The molecule has 2 aliphatic carbocycles. The lowest BCUT2D eigenvalue weighted by Gasteiger charge is -2.28. The summed E-state index contributed by atoms with van der Waals surface area (Å²) in [6.45, 7) is 10.1. The molecule has 166 valence electrons. The van der Waals surface area contributed by atoms with Crippen LogP contribution in [0.2, 0.25) is 0 Å². The summed E-state index contributed by atoms with van der Waals surface area (Å²) in [6.07, 6.45) is 17.1. The minimum Gasteiger partial charge on any atom is -0.472 e. The van der Waals surface area contributed by atoms with Crippen molar-refractivity contribution in [3.8, 4) is 0 Å². The first kappa shape index (κ1) is 22.1. The quantitative estimate of drug-likeness (QED) is 0.350. The smallest absolute Gasteiger partial charge is 0.193 e. The van der Waals surface area contributed by atoms with E-state index in [9.17, 15) is 9.59 Å². The van der Waals surface area contributed by atoms with Crippen molar-refractivity contribution in [1.82, 2.24) is 4.57 Å². The van der Waals surface area contributed by atoms with Gasteiger partial charge in [0.15, 0.2) is 11.2 Å². The Hall–Kier alpha value is -3.14. The van der Waals surface area contributed by atoms with Crippen molar-refractivity contribution >= 4 is 16.9 Å². The molecule has 2 heterocycles. The van der Waals surface area contributed by atoms with Gasteiger partial charge in [-0.15, -0.1) is 0 Å². The third-order valence-corrected chi connectivity index (χ3v) is 6.49. The standard InChI is InChI=1S/C28H31NO3/c1-5-24(18(3)4)29-16-23(26(30)6-2)27(31)15-25(29)22-10-8-7-9-21(19-11-12-19)28(22)20-13-14-32-17-20/h6,8-10,13-19,24H,2,5,7,11-12H2,1,3-4H3. The van der Waals surface area contributed by atoms with Crippen LogP contribution in [0.5, 0.6) is 0 Å². The number of allylic oxidation sites excluding steroid dienone is 7. The van der Waals surface area contributed by atoms with Crippen molar-refractivity contribution in [2.24, 2.45) is 11.8 Å². The molecular weight excluding hydrogens is 398 g/mol. The predicted octanol–water partition coefficient (Wildman–Crippen LogP) is 6.62. The summed E-state index contributed by atoms with van der Waals surface area (Å²) >= 11 is 0. The molecule has 0 radical (unpaired) electrons. The zero-order chi connectivity index (χ0) is 22.8. The fourth-order valence-electron chi connectivity index (χ4n) is 4.75. The molecule has 0 spiro atoms. The SMILES string of the molecule is C=CC(=O)c1cn(C(CC)C(C)C)c(C2=C(c3ccoc3)C(C3CC3)=CCC=C2)cc1=O. The van der Waals surface area contributed by atoms with Crippen LogP contribution >= 0.6 is 0 Å². The van der Waals surface area contributed by atoms with Gasteiger partial charge in [-0.25, -0.2) is 0 Å². The van der Waals surface area contributed by atoms with Crippen LogP contribution in [-0.4, -0.2) is 10.4 Å². The van der Waals surface area contributed by atoms with E-state index in [1.807, 2.05) is 6.07 Å². The molecule has 0 bridgehead atoms. The lowest BCUT2D eigenvalue weighted by molar-refractivity contribution is 0.104. The van der Waals surface area contributed by atoms with Crippen molar-refractivity contribution in [3.05, 3.63) is 94.4 Å². The maximum atomic E-state index is 13.1. The van der Waals surface area contributed by atoms with E-state index >= 15 is 0 Å². The van der Waals surface area contributed by atoms with E-state index in [1.165, 1.54) is 24.5 Å². The summed E-state index contributed by atoms with van der Waals surface area (Å²) in [4.78, 5) is 25.5. The average Bonchev–Trinajstić information content (AvgIpc) is 3.52. The Kier molecular flexibility index (Phi) is 6.31. The van der Waals surface area contributed by atoms with Gasteiger partial charge >= 0.3 is 0 Å². The fourth-order valence-corrected chi connectivity index (χ4v) is 4.75. The summed E-state index contributed by atoms with van der Waals surface area (Å²) < 4.78 is 7.59. The van der Waals surface area contributed by atoms with Crippen LogP contribution in [-0.2, 0) is 0 Å². The average molecular weight is 430 g/mol. The van der Waals surface area contributed by atoms with E-state index in [0.29, 0.717) is 11.8 Å². The summed E-state index contributed by atoms with van der Waals surface area (Å²) in [7, 11) is 0. The Bertz CT molecular complexity index is 1170. The van der Waals surface area contributed by atoms with Crippen LogP contribution in [0.25, 0.3) is 11.1 Å². The molecule has 0 saturated heterocycles. The zero-order valence-corrected chi connectivity index (χ0v) is 19.1. The van der Waals surface area contributed by atoms with E-state index in [0.717, 1.165) is 35.2 Å². The number of rotatable bonds is 8. The summed E-state index contributed by atoms with van der Waals surface area (Å²) in [5.74, 6) is 0.538. The van der Waals surface area contributed by atoms with Crippen LogP contribution in [0.4, 0.5) is 0 Å². The minimum atomic E-state index is -0.340. The highest BCUT2D eigenvalue weighted by Gasteiger charge is 2.32. The van der Waals surface area contributed by atoms with Gasteiger partial charge in [0.2, 0.25) is 0 Å².